The molecule has 2 amide bonds. The molecule has 0 aliphatic carbocycles. The molecule has 1 fully saturated rings. The normalized spacial score (nSPS) is 16.4. The van der Waals surface area contributed by atoms with Crippen molar-refractivity contribution in [2.24, 2.45) is 0 Å². The first kappa shape index (κ1) is 18.9. The van der Waals surface area contributed by atoms with Crippen molar-refractivity contribution >= 4 is 23.2 Å². The molecule has 2 aromatic carbocycles. The fourth-order valence-electron chi connectivity index (χ4n) is 2.67. The van der Waals surface area contributed by atoms with Crippen LogP contribution < -0.4 is 20.7 Å². The summed E-state index contributed by atoms with van der Waals surface area (Å²) in [5, 5.41) is 8.74. The van der Waals surface area contributed by atoms with Crippen molar-refractivity contribution in [2.75, 3.05) is 36.9 Å². The summed E-state index contributed by atoms with van der Waals surface area (Å²) in [5.74, 6) is 0.332. The number of carbonyl (C=O) groups excluding carboxylic acids is 2. The average molecular weight is 369 g/mol. The quantitative estimate of drug-likeness (QED) is 0.727. The van der Waals surface area contributed by atoms with Crippen LogP contribution in [-0.2, 0) is 9.53 Å². The number of hydrogen-bond acceptors (Lipinski definition) is 5. The van der Waals surface area contributed by atoms with E-state index in [1.54, 1.807) is 48.5 Å². The molecule has 142 valence electrons. The summed E-state index contributed by atoms with van der Waals surface area (Å²) in [7, 11) is 0. The first-order valence-corrected chi connectivity index (χ1v) is 8.93. The largest absolute Gasteiger partial charge is 0.494 e. The summed E-state index contributed by atoms with van der Waals surface area (Å²) in [5.41, 5.74) is 1.80. The molecule has 1 aliphatic rings. The lowest BCUT2D eigenvalue weighted by Crippen LogP contribution is -2.45. The van der Waals surface area contributed by atoms with Crippen LogP contribution in [0.3, 0.4) is 0 Å². The number of anilines is 2. The van der Waals surface area contributed by atoms with Gasteiger partial charge in [-0.1, -0.05) is 0 Å². The summed E-state index contributed by atoms with van der Waals surface area (Å²) in [4.78, 5) is 24.5. The van der Waals surface area contributed by atoms with Crippen LogP contribution in [0.1, 0.15) is 17.3 Å². The number of rotatable bonds is 6. The van der Waals surface area contributed by atoms with Gasteiger partial charge in [-0.3, -0.25) is 9.59 Å². The topological polar surface area (TPSA) is 88.7 Å². The van der Waals surface area contributed by atoms with Gasteiger partial charge in [0, 0.05) is 30.0 Å². The number of benzene rings is 2. The Morgan fingerprint density at radius 2 is 1.74 bits per heavy atom. The Bertz CT molecular complexity index is 769. The minimum atomic E-state index is -0.499. The van der Waals surface area contributed by atoms with Crippen molar-refractivity contribution in [3.8, 4) is 5.75 Å². The molecule has 0 saturated carbocycles. The third kappa shape index (κ3) is 5.29. The molecule has 0 spiro atoms. The van der Waals surface area contributed by atoms with E-state index in [1.807, 2.05) is 6.92 Å². The minimum absolute atomic E-state index is 0.200. The van der Waals surface area contributed by atoms with Gasteiger partial charge >= 0.3 is 0 Å². The highest BCUT2D eigenvalue weighted by Gasteiger charge is 2.21. The number of carbonyl (C=O) groups is 2. The van der Waals surface area contributed by atoms with Gasteiger partial charge in [0.1, 0.15) is 11.9 Å². The molecule has 2 aromatic rings. The van der Waals surface area contributed by atoms with Crippen molar-refractivity contribution in [2.45, 2.75) is 13.0 Å². The average Bonchev–Trinajstić information content (AvgIpc) is 2.71. The highest BCUT2D eigenvalue weighted by atomic mass is 16.5. The molecule has 0 radical (unpaired) electrons. The van der Waals surface area contributed by atoms with E-state index >= 15 is 0 Å². The second kappa shape index (κ2) is 9.16. The van der Waals surface area contributed by atoms with Gasteiger partial charge < -0.3 is 25.4 Å². The Hall–Kier alpha value is -2.90. The summed E-state index contributed by atoms with van der Waals surface area (Å²) in [6, 6.07) is 13.9. The fourth-order valence-corrected chi connectivity index (χ4v) is 2.67. The van der Waals surface area contributed by atoms with Crippen LogP contribution in [0.15, 0.2) is 48.5 Å². The molecule has 0 aromatic heterocycles. The summed E-state index contributed by atoms with van der Waals surface area (Å²) < 4.78 is 10.8. The van der Waals surface area contributed by atoms with E-state index < -0.39 is 6.10 Å². The number of hydrogen-bond donors (Lipinski definition) is 3. The van der Waals surface area contributed by atoms with E-state index in [1.165, 1.54) is 0 Å². The van der Waals surface area contributed by atoms with Crippen LogP contribution in [0.2, 0.25) is 0 Å². The van der Waals surface area contributed by atoms with Gasteiger partial charge in [-0.05, 0) is 55.5 Å². The Labute approximate surface area is 158 Å². The van der Waals surface area contributed by atoms with Crippen LogP contribution in [0, 0.1) is 0 Å². The molecule has 3 N–H and O–H groups in total. The van der Waals surface area contributed by atoms with Gasteiger partial charge in [-0.15, -0.1) is 0 Å². The highest BCUT2D eigenvalue weighted by Crippen LogP contribution is 2.17. The van der Waals surface area contributed by atoms with Crippen molar-refractivity contribution in [3.05, 3.63) is 54.1 Å². The van der Waals surface area contributed by atoms with E-state index in [0.717, 1.165) is 12.3 Å². The minimum Gasteiger partial charge on any atom is -0.494 e. The molecule has 7 nitrogen and oxygen atoms in total. The van der Waals surface area contributed by atoms with Gasteiger partial charge in [-0.25, -0.2) is 0 Å². The Morgan fingerprint density at radius 1 is 1.07 bits per heavy atom. The zero-order valence-electron chi connectivity index (χ0n) is 15.2. The third-order valence-corrected chi connectivity index (χ3v) is 4.06. The van der Waals surface area contributed by atoms with Gasteiger partial charge in [0.15, 0.2) is 0 Å². The highest BCUT2D eigenvalue weighted by molar-refractivity contribution is 6.04. The second-order valence-corrected chi connectivity index (χ2v) is 6.04. The van der Waals surface area contributed by atoms with E-state index in [2.05, 4.69) is 16.0 Å². The molecule has 7 heteroatoms. The number of ether oxygens (including phenoxy) is 2. The lowest BCUT2D eigenvalue weighted by molar-refractivity contribution is -0.128. The zero-order valence-corrected chi connectivity index (χ0v) is 15.2. The maximum Gasteiger partial charge on any atom is 0.255 e. The van der Waals surface area contributed by atoms with Crippen LogP contribution in [0.4, 0.5) is 11.4 Å². The van der Waals surface area contributed by atoms with Crippen molar-refractivity contribution < 1.29 is 19.1 Å². The molecule has 1 heterocycles. The Balaban J connectivity index is 1.55. The van der Waals surface area contributed by atoms with Gasteiger partial charge in [0.2, 0.25) is 0 Å². The smallest absolute Gasteiger partial charge is 0.255 e. The van der Waals surface area contributed by atoms with Crippen LogP contribution in [0.5, 0.6) is 5.75 Å². The van der Waals surface area contributed by atoms with Gasteiger partial charge in [-0.2, -0.15) is 0 Å². The Morgan fingerprint density at radius 3 is 2.37 bits per heavy atom. The molecule has 3 rings (SSSR count). The van der Waals surface area contributed by atoms with Crippen LogP contribution in [0.25, 0.3) is 0 Å². The molecule has 0 bridgehead atoms. The first-order valence-electron chi connectivity index (χ1n) is 8.93. The number of morpholine rings is 1. The molecular formula is C20H23N3O4. The molecule has 0 unspecified atom stereocenters. The Kier molecular flexibility index (Phi) is 6.40. The van der Waals surface area contributed by atoms with E-state index in [0.29, 0.717) is 36.7 Å². The standard InChI is InChI=1S/C20H23N3O4/c1-2-26-17-9-7-16(8-10-17)22-19(24)14-3-5-15(6-4-14)23-20(25)18-13-21-11-12-27-18/h3-10,18,21H,2,11-13H2,1H3,(H,22,24)(H,23,25)/t18-/m1/s1. The summed E-state index contributed by atoms with van der Waals surface area (Å²) in [6.07, 6.45) is -0.499. The molecule has 1 saturated heterocycles. The van der Waals surface area contributed by atoms with E-state index in [-0.39, 0.29) is 11.8 Å². The summed E-state index contributed by atoms with van der Waals surface area (Å²) >= 11 is 0. The van der Waals surface area contributed by atoms with Gasteiger partial charge in [0.25, 0.3) is 11.8 Å². The molecule has 1 atom stereocenters. The zero-order chi connectivity index (χ0) is 19.1. The van der Waals surface area contributed by atoms with Gasteiger partial charge in [0.05, 0.1) is 13.2 Å². The van der Waals surface area contributed by atoms with Crippen molar-refractivity contribution in [1.29, 1.82) is 0 Å². The van der Waals surface area contributed by atoms with E-state index in [9.17, 15) is 9.59 Å². The van der Waals surface area contributed by atoms with Crippen LogP contribution >= 0.6 is 0 Å². The lowest BCUT2D eigenvalue weighted by Gasteiger charge is -2.22. The SMILES string of the molecule is CCOc1ccc(NC(=O)c2ccc(NC(=O)[C@H]3CNCCO3)cc2)cc1. The predicted octanol–water partition coefficient (Wildman–Crippen LogP) is 2.26. The first-order chi connectivity index (χ1) is 13.2. The van der Waals surface area contributed by atoms with Crippen LogP contribution in [-0.4, -0.2) is 44.2 Å². The van der Waals surface area contributed by atoms with Crippen molar-refractivity contribution in [3.63, 3.8) is 0 Å². The molecule has 27 heavy (non-hydrogen) atoms. The maximum atomic E-state index is 12.3. The number of nitrogens with one attached hydrogen (secondary N) is 3. The third-order valence-electron chi connectivity index (χ3n) is 4.06. The predicted molar refractivity (Wildman–Crippen MR) is 103 cm³/mol. The maximum absolute atomic E-state index is 12.3. The molecular weight excluding hydrogens is 346 g/mol. The fraction of sp³-hybridized carbons (Fsp3) is 0.300. The van der Waals surface area contributed by atoms with Crippen molar-refractivity contribution in [1.82, 2.24) is 5.32 Å². The monoisotopic (exact) mass is 369 g/mol. The molecule has 1 aliphatic heterocycles. The number of amides is 2. The summed E-state index contributed by atoms with van der Waals surface area (Å²) in [6.45, 7) is 4.28. The van der Waals surface area contributed by atoms with E-state index in [4.69, 9.17) is 9.47 Å². The second-order valence-electron chi connectivity index (χ2n) is 6.04. The lowest BCUT2D eigenvalue weighted by atomic mass is 10.1.